The zero-order valence-electron chi connectivity index (χ0n) is 26.0. The first kappa shape index (κ1) is 37.6. The first-order valence-electron chi connectivity index (χ1n) is 14.8. The van der Waals surface area contributed by atoms with Crippen LogP contribution < -0.4 is 10.6 Å². The molecule has 2 N–H and O–H groups in total. The molecule has 1 aliphatic heterocycles. The molecule has 15 heteroatoms. The molecule has 0 bridgehead atoms. The highest BCUT2D eigenvalue weighted by molar-refractivity contribution is 5.87. The lowest BCUT2D eigenvalue weighted by Crippen LogP contribution is -2.45. The minimum absolute atomic E-state index is 0.0904. The van der Waals surface area contributed by atoms with Crippen LogP contribution in [-0.2, 0) is 38.4 Å². The number of nitrogens with zero attached hydrogens (tertiary/aromatic N) is 5. The van der Waals surface area contributed by atoms with Crippen LogP contribution in [0, 0.1) is 0 Å². The Morgan fingerprint density at radius 2 is 1.51 bits per heavy atom. The largest absolute Gasteiger partial charge is 0.355 e. The van der Waals surface area contributed by atoms with Gasteiger partial charge in [0.1, 0.15) is 6.29 Å². The summed E-state index contributed by atoms with van der Waals surface area (Å²) in [5.74, 6) is -2.03. The first-order valence-corrected chi connectivity index (χ1v) is 14.8. The third-order valence-electron chi connectivity index (χ3n) is 6.96. The molecule has 244 valence electrons. The van der Waals surface area contributed by atoms with Gasteiger partial charge in [0.2, 0.25) is 17.7 Å². The monoisotopic (exact) mass is 611 g/mol. The third-order valence-corrected chi connectivity index (χ3v) is 6.96. The molecular formula is C28H49N7O8. The van der Waals surface area contributed by atoms with Gasteiger partial charge in [0, 0.05) is 65.1 Å². The van der Waals surface area contributed by atoms with Gasteiger partial charge in [-0.15, -0.1) is 5.06 Å². The van der Waals surface area contributed by atoms with Gasteiger partial charge in [-0.2, -0.15) is 0 Å². The van der Waals surface area contributed by atoms with Crippen molar-refractivity contribution in [3.63, 3.8) is 0 Å². The van der Waals surface area contributed by atoms with E-state index in [1.807, 2.05) is 26.0 Å². The lowest BCUT2D eigenvalue weighted by atomic mass is 10.2. The van der Waals surface area contributed by atoms with E-state index in [2.05, 4.69) is 20.4 Å². The molecule has 1 fully saturated rings. The summed E-state index contributed by atoms with van der Waals surface area (Å²) in [7, 11) is 5.77. The summed E-state index contributed by atoms with van der Waals surface area (Å²) in [6, 6.07) is -0.386. The second-order valence-corrected chi connectivity index (χ2v) is 10.8. The van der Waals surface area contributed by atoms with Crippen molar-refractivity contribution in [2.75, 3.05) is 80.0 Å². The quantitative estimate of drug-likeness (QED) is 0.116. The van der Waals surface area contributed by atoms with Gasteiger partial charge < -0.3 is 35.0 Å². The molecular weight excluding hydrogens is 562 g/mol. The number of likely N-dealkylation sites (tertiary alicyclic amines) is 1. The van der Waals surface area contributed by atoms with Crippen LogP contribution in [0.2, 0.25) is 0 Å². The van der Waals surface area contributed by atoms with Crippen molar-refractivity contribution >= 4 is 42.3 Å². The van der Waals surface area contributed by atoms with E-state index in [4.69, 9.17) is 4.84 Å². The first-order chi connectivity index (χ1) is 20.5. The average Bonchev–Trinajstić information content (AvgIpc) is 3.46. The van der Waals surface area contributed by atoms with E-state index in [9.17, 15) is 33.6 Å². The van der Waals surface area contributed by atoms with E-state index in [1.54, 1.807) is 6.92 Å². The Kier molecular flexibility index (Phi) is 18.6. The summed E-state index contributed by atoms with van der Waals surface area (Å²) in [6.45, 7) is 6.40. The van der Waals surface area contributed by atoms with E-state index in [-0.39, 0.29) is 68.9 Å². The molecule has 1 atom stereocenters. The minimum Gasteiger partial charge on any atom is -0.355 e. The lowest BCUT2D eigenvalue weighted by Gasteiger charge is -2.24. The molecule has 0 spiro atoms. The maximum absolute atomic E-state index is 12.3. The van der Waals surface area contributed by atoms with Crippen LogP contribution >= 0.6 is 0 Å². The second kappa shape index (κ2) is 21.3. The van der Waals surface area contributed by atoms with Crippen LogP contribution in [0.1, 0.15) is 51.9 Å². The second-order valence-electron chi connectivity index (χ2n) is 10.8. The molecule has 0 radical (unpaired) electrons. The number of nitrogens with one attached hydrogen (secondary N) is 2. The number of carbonyl (C=O) groups is 7. The van der Waals surface area contributed by atoms with E-state index < -0.39 is 11.9 Å². The summed E-state index contributed by atoms with van der Waals surface area (Å²) in [6.07, 6.45) is 3.27. The molecule has 0 aromatic rings. The SMILES string of the molecule is CCCC(=O)N(C=O)OC(=O)CCCC(=O)NCCN(C)CCN(C)CCN(C)CC(=O)NCC(=O)N1CCCC1C=O. The van der Waals surface area contributed by atoms with E-state index in [1.165, 1.54) is 4.90 Å². The number of rotatable bonds is 21. The number of aldehydes is 1. The molecule has 5 amide bonds. The highest BCUT2D eigenvalue weighted by Crippen LogP contribution is 2.14. The van der Waals surface area contributed by atoms with Gasteiger partial charge in [0.25, 0.3) is 12.3 Å². The van der Waals surface area contributed by atoms with Crippen molar-refractivity contribution in [2.24, 2.45) is 0 Å². The number of carbonyl (C=O) groups excluding carboxylic acids is 7. The van der Waals surface area contributed by atoms with Gasteiger partial charge >= 0.3 is 5.97 Å². The van der Waals surface area contributed by atoms with Crippen LogP contribution in [0.25, 0.3) is 0 Å². The number of hydroxylamine groups is 2. The lowest BCUT2D eigenvalue weighted by molar-refractivity contribution is -0.196. The Hall–Kier alpha value is -3.43. The van der Waals surface area contributed by atoms with Crippen molar-refractivity contribution in [1.82, 2.24) is 35.3 Å². The number of imide groups is 1. The average molecular weight is 612 g/mol. The topological polar surface area (TPSA) is 169 Å². The van der Waals surface area contributed by atoms with Gasteiger partial charge in [-0.1, -0.05) is 6.92 Å². The summed E-state index contributed by atoms with van der Waals surface area (Å²) in [4.78, 5) is 94.3. The molecule has 1 aliphatic rings. The van der Waals surface area contributed by atoms with Crippen LogP contribution in [-0.4, -0.2) is 153 Å². The molecule has 0 aromatic carbocycles. The minimum atomic E-state index is -0.748. The Labute approximate surface area is 254 Å². The number of hydrogen-bond donors (Lipinski definition) is 2. The zero-order chi connectivity index (χ0) is 32.2. The van der Waals surface area contributed by atoms with E-state index in [0.29, 0.717) is 44.1 Å². The fourth-order valence-electron chi connectivity index (χ4n) is 4.28. The molecule has 1 saturated heterocycles. The van der Waals surface area contributed by atoms with Crippen molar-refractivity contribution in [2.45, 2.75) is 57.9 Å². The van der Waals surface area contributed by atoms with Crippen molar-refractivity contribution in [1.29, 1.82) is 0 Å². The fourth-order valence-corrected chi connectivity index (χ4v) is 4.28. The fraction of sp³-hybridized carbons (Fsp3) is 0.750. The van der Waals surface area contributed by atoms with Crippen molar-refractivity contribution in [3.8, 4) is 0 Å². The molecule has 0 aliphatic carbocycles. The van der Waals surface area contributed by atoms with Crippen LogP contribution in [0.15, 0.2) is 0 Å². The van der Waals surface area contributed by atoms with E-state index >= 15 is 0 Å². The molecule has 0 aromatic heterocycles. The zero-order valence-corrected chi connectivity index (χ0v) is 26.0. The van der Waals surface area contributed by atoms with Crippen LogP contribution in [0.4, 0.5) is 0 Å². The maximum atomic E-state index is 12.3. The standard InChI is InChI=1S/C28H49N7O8/c1-5-8-26(40)35(22-37)43-28(42)11-6-10-24(38)29-12-14-31(2)15-16-32(3)17-18-33(4)20-25(39)30-19-27(41)34-13-7-9-23(34)21-36/h21-23H,5-20H2,1-4H3,(H,29,38)(H,30,39). The molecule has 0 saturated carbocycles. The Bertz CT molecular complexity index is 935. The summed E-state index contributed by atoms with van der Waals surface area (Å²) >= 11 is 0. The Balaban J connectivity index is 2.12. The predicted octanol–water partition coefficient (Wildman–Crippen LogP) is -1.38. The third kappa shape index (κ3) is 16.1. The molecule has 1 unspecified atom stereocenters. The number of likely N-dealkylation sites (N-methyl/N-ethyl adjacent to an activating group) is 3. The van der Waals surface area contributed by atoms with Gasteiger partial charge in [0.15, 0.2) is 0 Å². The Morgan fingerprint density at radius 3 is 2.14 bits per heavy atom. The molecule has 1 heterocycles. The summed E-state index contributed by atoms with van der Waals surface area (Å²) in [5, 5.41) is 5.84. The molecule has 15 nitrogen and oxygen atoms in total. The smallest absolute Gasteiger partial charge is 0.333 e. The Morgan fingerprint density at radius 1 is 0.860 bits per heavy atom. The summed E-state index contributed by atoms with van der Waals surface area (Å²) in [5.41, 5.74) is 0. The normalized spacial score (nSPS) is 14.6. The molecule has 43 heavy (non-hydrogen) atoms. The highest BCUT2D eigenvalue weighted by Gasteiger charge is 2.28. The van der Waals surface area contributed by atoms with Crippen LogP contribution in [0.5, 0.6) is 0 Å². The van der Waals surface area contributed by atoms with Gasteiger partial charge in [-0.25, -0.2) is 4.79 Å². The highest BCUT2D eigenvalue weighted by atomic mass is 16.7. The maximum Gasteiger partial charge on any atom is 0.333 e. The van der Waals surface area contributed by atoms with Gasteiger partial charge in [-0.3, -0.25) is 28.9 Å². The van der Waals surface area contributed by atoms with Crippen molar-refractivity contribution in [3.05, 3.63) is 0 Å². The van der Waals surface area contributed by atoms with Gasteiger partial charge in [-0.05, 0) is 46.8 Å². The number of hydrogen-bond acceptors (Lipinski definition) is 11. The van der Waals surface area contributed by atoms with Crippen LogP contribution in [0.3, 0.4) is 0 Å². The summed E-state index contributed by atoms with van der Waals surface area (Å²) < 4.78 is 0. The van der Waals surface area contributed by atoms with Crippen molar-refractivity contribution < 1.29 is 38.4 Å². The predicted molar refractivity (Wildman–Crippen MR) is 157 cm³/mol. The van der Waals surface area contributed by atoms with E-state index in [0.717, 1.165) is 32.3 Å². The number of amides is 5. The molecule has 1 rings (SSSR count). The van der Waals surface area contributed by atoms with Gasteiger partial charge in [0.05, 0.1) is 19.1 Å².